The summed E-state index contributed by atoms with van der Waals surface area (Å²) in [5.74, 6) is 0.805. The molecule has 0 saturated carbocycles. The first-order valence-electron chi connectivity index (χ1n) is 6.02. The van der Waals surface area contributed by atoms with Gasteiger partial charge in [0.15, 0.2) is 0 Å². The zero-order valence-electron chi connectivity index (χ0n) is 9.92. The van der Waals surface area contributed by atoms with E-state index in [9.17, 15) is 0 Å². The lowest BCUT2D eigenvalue weighted by Gasteiger charge is -2.25. The van der Waals surface area contributed by atoms with Crippen LogP contribution in [-0.4, -0.2) is 12.6 Å². The van der Waals surface area contributed by atoms with Crippen LogP contribution < -0.4 is 5.32 Å². The largest absolute Gasteiger partial charge is 0.310 e. The zero-order valence-corrected chi connectivity index (χ0v) is 11.4. The molecule has 92 valence electrons. The number of benzene rings is 1. The summed E-state index contributed by atoms with van der Waals surface area (Å²) in [6, 6.07) is 6.19. The van der Waals surface area contributed by atoms with Gasteiger partial charge in [0.25, 0.3) is 0 Å². The maximum absolute atomic E-state index is 5.98. The molecule has 2 unspecified atom stereocenters. The van der Waals surface area contributed by atoms with Crippen molar-refractivity contribution < 1.29 is 0 Å². The molecule has 1 aromatic carbocycles. The van der Waals surface area contributed by atoms with Gasteiger partial charge in [-0.1, -0.05) is 48.3 Å². The first-order valence-corrected chi connectivity index (χ1v) is 6.77. The van der Waals surface area contributed by atoms with Crippen molar-refractivity contribution in [2.24, 2.45) is 5.92 Å². The van der Waals surface area contributed by atoms with Gasteiger partial charge in [-0.25, -0.2) is 0 Å². The van der Waals surface area contributed by atoms with Crippen LogP contribution in [0, 0.1) is 5.92 Å². The fourth-order valence-electron chi connectivity index (χ4n) is 2.14. The van der Waals surface area contributed by atoms with E-state index in [-0.39, 0.29) is 0 Å². The van der Waals surface area contributed by atoms with Gasteiger partial charge >= 0.3 is 0 Å². The highest BCUT2D eigenvalue weighted by Gasteiger charge is 2.15. The molecule has 1 aromatic rings. The Morgan fingerprint density at radius 3 is 2.82 bits per heavy atom. The fraction of sp³-hybridized carbons (Fsp3) is 0.429. The van der Waals surface area contributed by atoms with Crippen molar-refractivity contribution >= 4 is 29.3 Å². The summed E-state index contributed by atoms with van der Waals surface area (Å²) in [5.41, 5.74) is 1.10. The predicted octanol–water partition coefficient (Wildman–Crippen LogP) is 4.39. The van der Waals surface area contributed by atoms with Gasteiger partial charge in [0.1, 0.15) is 0 Å². The van der Waals surface area contributed by atoms with E-state index in [1.807, 2.05) is 18.2 Å². The van der Waals surface area contributed by atoms with E-state index in [4.69, 9.17) is 23.2 Å². The average Bonchev–Trinajstić information content (AvgIpc) is 2.31. The molecule has 1 nitrogen and oxygen atoms in total. The second kappa shape index (κ2) is 5.90. The van der Waals surface area contributed by atoms with Crippen LogP contribution in [0.1, 0.15) is 25.3 Å². The molecule has 1 fully saturated rings. The molecule has 1 N–H and O–H groups in total. The molecular formula is C14H17Cl2N. The van der Waals surface area contributed by atoms with Crippen LogP contribution >= 0.6 is 23.2 Å². The highest BCUT2D eigenvalue weighted by molar-refractivity contribution is 6.42. The van der Waals surface area contributed by atoms with E-state index in [0.717, 1.165) is 18.0 Å². The summed E-state index contributed by atoms with van der Waals surface area (Å²) in [7, 11) is 0. The second-order valence-corrected chi connectivity index (χ2v) is 5.54. The Kier molecular flexibility index (Phi) is 4.49. The molecule has 17 heavy (non-hydrogen) atoms. The minimum atomic E-state index is 0.480. The zero-order chi connectivity index (χ0) is 12.3. The molecule has 1 heterocycles. The molecule has 1 aliphatic heterocycles. The van der Waals surface area contributed by atoms with Gasteiger partial charge in [-0.3, -0.25) is 0 Å². The normalized spacial score (nSPS) is 25.4. The van der Waals surface area contributed by atoms with Crippen molar-refractivity contribution in [3.63, 3.8) is 0 Å². The number of halogens is 2. The fourth-order valence-corrected chi connectivity index (χ4v) is 2.45. The lowest BCUT2D eigenvalue weighted by atomic mass is 9.94. The van der Waals surface area contributed by atoms with E-state index in [1.165, 1.54) is 12.8 Å². The van der Waals surface area contributed by atoms with Crippen LogP contribution in [0.25, 0.3) is 6.08 Å². The van der Waals surface area contributed by atoms with Crippen LogP contribution in [0.3, 0.4) is 0 Å². The van der Waals surface area contributed by atoms with Crippen LogP contribution in [0.4, 0.5) is 0 Å². The number of rotatable bonds is 2. The third-order valence-corrected chi connectivity index (χ3v) is 3.90. The van der Waals surface area contributed by atoms with Crippen molar-refractivity contribution in [2.45, 2.75) is 25.8 Å². The van der Waals surface area contributed by atoms with E-state index < -0.39 is 0 Å². The number of hydrogen-bond acceptors (Lipinski definition) is 1. The van der Waals surface area contributed by atoms with Gasteiger partial charge in [0, 0.05) is 6.04 Å². The summed E-state index contributed by atoms with van der Waals surface area (Å²) in [6.45, 7) is 3.42. The Morgan fingerprint density at radius 2 is 2.12 bits per heavy atom. The molecule has 1 aliphatic rings. The Balaban J connectivity index is 2.01. The van der Waals surface area contributed by atoms with Crippen LogP contribution in [0.2, 0.25) is 10.0 Å². The lowest BCUT2D eigenvalue weighted by Crippen LogP contribution is -2.35. The summed E-state index contributed by atoms with van der Waals surface area (Å²) in [6.07, 6.45) is 6.81. The molecule has 2 atom stereocenters. The molecule has 0 bridgehead atoms. The first kappa shape index (κ1) is 12.9. The van der Waals surface area contributed by atoms with Gasteiger partial charge in [-0.05, 0) is 43.0 Å². The van der Waals surface area contributed by atoms with Crippen molar-refractivity contribution in [2.75, 3.05) is 6.54 Å². The molecule has 3 heteroatoms. The van der Waals surface area contributed by atoms with Crippen LogP contribution in [0.15, 0.2) is 24.3 Å². The smallest absolute Gasteiger partial charge is 0.0598 e. The standard InChI is InChI=1S/C14H17Cl2N/c1-10-6-7-17-12(8-10)4-2-11-3-5-13(15)14(16)9-11/h2-5,9-10,12,17H,6-8H2,1H3/b4-2+. The minimum Gasteiger partial charge on any atom is -0.310 e. The van der Waals surface area contributed by atoms with E-state index in [1.54, 1.807) is 0 Å². The summed E-state index contributed by atoms with van der Waals surface area (Å²) >= 11 is 11.9. The Bertz CT molecular complexity index is 415. The molecular weight excluding hydrogens is 253 g/mol. The van der Waals surface area contributed by atoms with Crippen molar-refractivity contribution in [1.82, 2.24) is 5.32 Å². The number of hydrogen-bond donors (Lipinski definition) is 1. The van der Waals surface area contributed by atoms with Crippen molar-refractivity contribution in [1.29, 1.82) is 0 Å². The first-order chi connectivity index (χ1) is 8.15. The van der Waals surface area contributed by atoms with E-state index in [2.05, 4.69) is 24.4 Å². The summed E-state index contributed by atoms with van der Waals surface area (Å²) in [5, 5.41) is 4.71. The van der Waals surface area contributed by atoms with Gasteiger partial charge in [0.2, 0.25) is 0 Å². The van der Waals surface area contributed by atoms with Gasteiger partial charge in [0.05, 0.1) is 10.0 Å². The molecule has 0 aromatic heterocycles. The monoisotopic (exact) mass is 269 g/mol. The molecule has 0 amide bonds. The minimum absolute atomic E-state index is 0.480. The van der Waals surface area contributed by atoms with Gasteiger partial charge < -0.3 is 5.32 Å². The number of nitrogens with one attached hydrogen (secondary N) is 1. The molecule has 1 saturated heterocycles. The molecule has 0 aliphatic carbocycles. The molecule has 0 spiro atoms. The maximum atomic E-state index is 5.98. The average molecular weight is 270 g/mol. The highest BCUT2D eigenvalue weighted by atomic mass is 35.5. The SMILES string of the molecule is CC1CCNC(/C=C/c2ccc(Cl)c(Cl)c2)C1. The number of piperidine rings is 1. The Labute approximate surface area is 113 Å². The van der Waals surface area contributed by atoms with E-state index in [0.29, 0.717) is 16.1 Å². The van der Waals surface area contributed by atoms with Crippen LogP contribution in [0.5, 0.6) is 0 Å². The van der Waals surface area contributed by atoms with E-state index >= 15 is 0 Å². The molecule has 2 rings (SSSR count). The third-order valence-electron chi connectivity index (χ3n) is 3.16. The predicted molar refractivity (Wildman–Crippen MR) is 75.7 cm³/mol. The van der Waals surface area contributed by atoms with Crippen LogP contribution in [-0.2, 0) is 0 Å². The van der Waals surface area contributed by atoms with Crippen molar-refractivity contribution in [3.05, 3.63) is 39.9 Å². The summed E-state index contributed by atoms with van der Waals surface area (Å²) < 4.78 is 0. The van der Waals surface area contributed by atoms with Gasteiger partial charge in [-0.2, -0.15) is 0 Å². The van der Waals surface area contributed by atoms with Crippen molar-refractivity contribution in [3.8, 4) is 0 Å². The Hall–Kier alpha value is -0.500. The lowest BCUT2D eigenvalue weighted by molar-refractivity contribution is 0.357. The second-order valence-electron chi connectivity index (χ2n) is 4.72. The third kappa shape index (κ3) is 3.74. The Morgan fingerprint density at radius 1 is 1.29 bits per heavy atom. The quantitative estimate of drug-likeness (QED) is 0.840. The highest BCUT2D eigenvalue weighted by Crippen LogP contribution is 2.23. The molecule has 0 radical (unpaired) electrons. The maximum Gasteiger partial charge on any atom is 0.0598 e. The summed E-state index contributed by atoms with van der Waals surface area (Å²) in [4.78, 5) is 0. The topological polar surface area (TPSA) is 12.0 Å². The van der Waals surface area contributed by atoms with Gasteiger partial charge in [-0.15, -0.1) is 0 Å².